The Hall–Kier alpha value is -2.49. The van der Waals surface area contributed by atoms with Crippen molar-refractivity contribution >= 4 is 6.16 Å². The minimum Gasteiger partial charge on any atom is -0.491 e. The SMILES string of the molecule is CC(C)OC(=O)Oc1ccc(C(C)(C)c2ccc(OC(C)C)cc2)cc1. The van der Waals surface area contributed by atoms with Crippen LogP contribution in [0.15, 0.2) is 48.5 Å². The van der Waals surface area contributed by atoms with Gasteiger partial charge in [-0.25, -0.2) is 4.79 Å². The Morgan fingerprint density at radius 2 is 1.23 bits per heavy atom. The van der Waals surface area contributed by atoms with Crippen LogP contribution in [0.3, 0.4) is 0 Å². The maximum Gasteiger partial charge on any atom is 0.514 e. The van der Waals surface area contributed by atoms with E-state index in [1.807, 2.05) is 38.1 Å². The largest absolute Gasteiger partial charge is 0.514 e. The Morgan fingerprint density at radius 1 is 0.769 bits per heavy atom. The van der Waals surface area contributed by atoms with Crippen molar-refractivity contribution in [2.24, 2.45) is 0 Å². The molecule has 4 nitrogen and oxygen atoms in total. The van der Waals surface area contributed by atoms with Crippen LogP contribution >= 0.6 is 0 Å². The molecule has 0 radical (unpaired) electrons. The number of ether oxygens (including phenoxy) is 3. The van der Waals surface area contributed by atoms with Gasteiger partial charge in [-0.05, 0) is 63.1 Å². The van der Waals surface area contributed by atoms with Gasteiger partial charge in [-0.1, -0.05) is 38.1 Å². The fourth-order valence-electron chi connectivity index (χ4n) is 2.64. The minimum atomic E-state index is -0.687. The molecule has 2 rings (SSSR count). The zero-order chi connectivity index (χ0) is 19.3. The molecule has 0 aromatic heterocycles. The molecule has 0 unspecified atom stereocenters. The van der Waals surface area contributed by atoms with Crippen molar-refractivity contribution in [1.29, 1.82) is 0 Å². The molecule has 0 aliphatic heterocycles. The van der Waals surface area contributed by atoms with Crippen LogP contribution in [0, 0.1) is 0 Å². The van der Waals surface area contributed by atoms with Crippen LogP contribution in [0.2, 0.25) is 0 Å². The molecule has 0 spiro atoms. The fourth-order valence-corrected chi connectivity index (χ4v) is 2.64. The van der Waals surface area contributed by atoms with Crippen LogP contribution < -0.4 is 9.47 Å². The minimum absolute atomic E-state index is 0.156. The maximum atomic E-state index is 11.6. The summed E-state index contributed by atoms with van der Waals surface area (Å²) in [7, 11) is 0. The van der Waals surface area contributed by atoms with Crippen LogP contribution in [-0.2, 0) is 10.2 Å². The van der Waals surface area contributed by atoms with Gasteiger partial charge in [0.05, 0.1) is 12.2 Å². The Morgan fingerprint density at radius 3 is 1.65 bits per heavy atom. The molecule has 0 aliphatic rings. The first kappa shape index (κ1) is 19.8. The van der Waals surface area contributed by atoms with Crippen molar-refractivity contribution in [3.63, 3.8) is 0 Å². The van der Waals surface area contributed by atoms with Gasteiger partial charge in [-0.3, -0.25) is 0 Å². The van der Waals surface area contributed by atoms with Crippen molar-refractivity contribution in [1.82, 2.24) is 0 Å². The molecule has 140 valence electrons. The standard InChI is InChI=1S/C22H28O4/c1-15(2)24-19-11-7-17(8-12-19)22(5,6)18-9-13-20(14-10-18)26-21(23)25-16(3)4/h7-16H,1-6H3. The Bertz CT molecular complexity index is 713. The monoisotopic (exact) mass is 356 g/mol. The van der Waals surface area contributed by atoms with Gasteiger partial charge >= 0.3 is 6.16 Å². The van der Waals surface area contributed by atoms with E-state index in [0.717, 1.165) is 11.3 Å². The van der Waals surface area contributed by atoms with Crippen molar-refractivity contribution in [2.75, 3.05) is 0 Å². The van der Waals surface area contributed by atoms with E-state index in [2.05, 4.69) is 26.0 Å². The predicted molar refractivity (Wildman–Crippen MR) is 103 cm³/mol. The number of hydrogen-bond acceptors (Lipinski definition) is 4. The molecule has 0 saturated carbocycles. The average molecular weight is 356 g/mol. The molecule has 0 amide bonds. The second-order valence-corrected chi connectivity index (χ2v) is 7.36. The second kappa shape index (κ2) is 8.26. The average Bonchev–Trinajstić information content (AvgIpc) is 2.54. The third-order valence-corrected chi connectivity index (χ3v) is 4.06. The van der Waals surface area contributed by atoms with E-state index in [0.29, 0.717) is 5.75 Å². The van der Waals surface area contributed by atoms with Gasteiger partial charge in [0.2, 0.25) is 0 Å². The van der Waals surface area contributed by atoms with Gasteiger partial charge in [0.1, 0.15) is 11.5 Å². The zero-order valence-electron chi connectivity index (χ0n) is 16.4. The summed E-state index contributed by atoms with van der Waals surface area (Å²) in [5.74, 6) is 1.34. The molecule has 4 heteroatoms. The summed E-state index contributed by atoms with van der Waals surface area (Å²) < 4.78 is 15.9. The second-order valence-electron chi connectivity index (χ2n) is 7.36. The zero-order valence-corrected chi connectivity index (χ0v) is 16.4. The van der Waals surface area contributed by atoms with Crippen molar-refractivity contribution in [3.05, 3.63) is 59.7 Å². The molecule has 26 heavy (non-hydrogen) atoms. The predicted octanol–water partition coefficient (Wildman–Crippen LogP) is 5.72. The third-order valence-electron chi connectivity index (χ3n) is 4.06. The van der Waals surface area contributed by atoms with Crippen molar-refractivity contribution < 1.29 is 19.0 Å². The summed E-state index contributed by atoms with van der Waals surface area (Å²) in [5, 5.41) is 0. The fraction of sp³-hybridized carbons (Fsp3) is 0.409. The summed E-state index contributed by atoms with van der Waals surface area (Å²) in [6.45, 7) is 11.9. The van der Waals surface area contributed by atoms with Crippen LogP contribution in [0.4, 0.5) is 4.79 Å². The quantitative estimate of drug-likeness (QED) is 0.490. The van der Waals surface area contributed by atoms with Crippen molar-refractivity contribution in [2.45, 2.75) is 59.2 Å². The first-order valence-corrected chi connectivity index (χ1v) is 8.94. The molecule has 0 fully saturated rings. The molecular weight excluding hydrogens is 328 g/mol. The highest BCUT2D eigenvalue weighted by Gasteiger charge is 2.23. The van der Waals surface area contributed by atoms with E-state index in [1.54, 1.807) is 26.0 Å². The molecule has 0 saturated heterocycles. The number of hydrogen-bond donors (Lipinski definition) is 0. The van der Waals surface area contributed by atoms with Crippen LogP contribution in [0.5, 0.6) is 11.5 Å². The molecule has 0 heterocycles. The van der Waals surface area contributed by atoms with E-state index < -0.39 is 6.16 Å². The van der Waals surface area contributed by atoms with Gasteiger partial charge < -0.3 is 14.2 Å². The molecule has 0 bridgehead atoms. The van der Waals surface area contributed by atoms with Crippen LogP contribution in [-0.4, -0.2) is 18.4 Å². The summed E-state index contributed by atoms with van der Waals surface area (Å²) in [4.78, 5) is 11.6. The van der Waals surface area contributed by atoms with Gasteiger partial charge in [-0.15, -0.1) is 0 Å². The smallest absolute Gasteiger partial charge is 0.491 e. The van der Waals surface area contributed by atoms with Gasteiger partial charge in [0, 0.05) is 5.41 Å². The topological polar surface area (TPSA) is 44.8 Å². The summed E-state index contributed by atoms with van der Waals surface area (Å²) in [6, 6.07) is 15.7. The highest BCUT2D eigenvalue weighted by molar-refractivity contribution is 5.64. The lowest BCUT2D eigenvalue weighted by molar-refractivity contribution is 0.0729. The third kappa shape index (κ3) is 5.25. The molecule has 2 aromatic carbocycles. The number of benzene rings is 2. The van der Waals surface area contributed by atoms with Gasteiger partial charge in [0.25, 0.3) is 0 Å². The first-order valence-electron chi connectivity index (χ1n) is 8.94. The van der Waals surface area contributed by atoms with E-state index >= 15 is 0 Å². The first-order chi connectivity index (χ1) is 12.2. The molecule has 0 N–H and O–H groups in total. The van der Waals surface area contributed by atoms with Crippen LogP contribution in [0.25, 0.3) is 0 Å². The lowest BCUT2D eigenvalue weighted by atomic mass is 9.78. The maximum absolute atomic E-state index is 11.6. The molecule has 0 aliphatic carbocycles. The molecule has 0 atom stereocenters. The van der Waals surface area contributed by atoms with Gasteiger partial charge in [-0.2, -0.15) is 0 Å². The lowest BCUT2D eigenvalue weighted by Crippen LogP contribution is -2.19. The van der Waals surface area contributed by atoms with E-state index in [-0.39, 0.29) is 17.6 Å². The normalized spacial score (nSPS) is 11.5. The highest BCUT2D eigenvalue weighted by atomic mass is 16.7. The highest BCUT2D eigenvalue weighted by Crippen LogP contribution is 2.33. The van der Waals surface area contributed by atoms with E-state index in [1.165, 1.54) is 5.56 Å². The molecule has 2 aromatic rings. The van der Waals surface area contributed by atoms with Gasteiger partial charge in [0.15, 0.2) is 0 Å². The van der Waals surface area contributed by atoms with E-state index in [4.69, 9.17) is 14.2 Å². The summed E-state index contributed by atoms with van der Waals surface area (Å²) >= 11 is 0. The Kier molecular flexibility index (Phi) is 6.30. The van der Waals surface area contributed by atoms with Crippen molar-refractivity contribution in [3.8, 4) is 11.5 Å². The summed E-state index contributed by atoms with van der Waals surface area (Å²) in [6.07, 6.45) is -0.736. The van der Waals surface area contributed by atoms with E-state index in [9.17, 15) is 4.79 Å². The number of rotatable bonds is 6. The number of carbonyl (C=O) groups is 1. The number of carbonyl (C=O) groups excluding carboxylic acids is 1. The lowest BCUT2D eigenvalue weighted by Gasteiger charge is -2.26. The molecular formula is C22H28O4. The Labute approximate surface area is 156 Å². The summed E-state index contributed by atoms with van der Waals surface area (Å²) in [5.41, 5.74) is 2.12. The van der Waals surface area contributed by atoms with Crippen LogP contribution in [0.1, 0.15) is 52.7 Å². The Balaban J connectivity index is 2.12.